The molecular formula is C20H20N6O2. The zero-order valence-electron chi connectivity index (χ0n) is 15.5. The first-order valence-electron chi connectivity index (χ1n) is 9.14. The van der Waals surface area contributed by atoms with Crippen LogP contribution in [0.15, 0.2) is 43.0 Å². The van der Waals surface area contributed by atoms with Gasteiger partial charge in [0.2, 0.25) is 0 Å². The Morgan fingerprint density at radius 1 is 1.18 bits per heavy atom. The van der Waals surface area contributed by atoms with Gasteiger partial charge in [-0.25, -0.2) is 15.0 Å². The minimum absolute atomic E-state index is 0.0381. The Labute approximate surface area is 161 Å². The van der Waals surface area contributed by atoms with Gasteiger partial charge in [0, 0.05) is 18.0 Å². The van der Waals surface area contributed by atoms with E-state index in [0.29, 0.717) is 29.0 Å². The molecule has 0 aliphatic rings. The van der Waals surface area contributed by atoms with Gasteiger partial charge < -0.3 is 15.0 Å². The molecule has 8 nitrogen and oxygen atoms in total. The van der Waals surface area contributed by atoms with Crippen LogP contribution in [-0.4, -0.2) is 37.1 Å². The van der Waals surface area contributed by atoms with E-state index in [1.165, 1.54) is 6.33 Å². The molecule has 0 bridgehead atoms. The highest BCUT2D eigenvalue weighted by Crippen LogP contribution is 2.31. The Morgan fingerprint density at radius 3 is 2.79 bits per heavy atom. The number of hydrogen-bond donors (Lipinski definition) is 1. The standard InChI is InChI=1S/C20H20N6O2/c1-2-3-10-28-16(27)11-26-15-5-4-14(13-6-8-22-9-7-13)25-18(15)17-19(21)23-12-24-20(17)26/h4-9,12H,2-3,10-11H2,1H3,(H2,21,23,24). The van der Waals surface area contributed by atoms with Gasteiger partial charge >= 0.3 is 5.97 Å². The molecular weight excluding hydrogens is 356 g/mol. The number of rotatable bonds is 6. The molecule has 8 heteroatoms. The van der Waals surface area contributed by atoms with Crippen molar-refractivity contribution in [1.29, 1.82) is 0 Å². The number of carbonyl (C=O) groups excluding carboxylic acids is 1. The fraction of sp³-hybridized carbons (Fsp3) is 0.250. The lowest BCUT2D eigenvalue weighted by Crippen LogP contribution is -2.14. The summed E-state index contributed by atoms with van der Waals surface area (Å²) in [4.78, 5) is 29.6. The van der Waals surface area contributed by atoms with Crippen LogP contribution in [-0.2, 0) is 16.1 Å². The Balaban J connectivity index is 1.83. The summed E-state index contributed by atoms with van der Waals surface area (Å²) in [7, 11) is 0. The van der Waals surface area contributed by atoms with Crippen molar-refractivity contribution in [2.45, 2.75) is 26.3 Å². The van der Waals surface area contributed by atoms with Gasteiger partial charge in [0.25, 0.3) is 0 Å². The zero-order valence-corrected chi connectivity index (χ0v) is 15.5. The van der Waals surface area contributed by atoms with Crippen molar-refractivity contribution in [3.8, 4) is 11.3 Å². The van der Waals surface area contributed by atoms with Crippen LogP contribution in [0.1, 0.15) is 19.8 Å². The van der Waals surface area contributed by atoms with Gasteiger partial charge in [0.05, 0.1) is 23.2 Å². The van der Waals surface area contributed by atoms with E-state index in [2.05, 4.69) is 15.0 Å². The van der Waals surface area contributed by atoms with E-state index >= 15 is 0 Å². The molecule has 4 heterocycles. The summed E-state index contributed by atoms with van der Waals surface area (Å²) in [6.07, 6.45) is 6.63. The third-order valence-corrected chi connectivity index (χ3v) is 4.54. The average Bonchev–Trinajstić information content (AvgIpc) is 3.03. The molecule has 0 radical (unpaired) electrons. The second kappa shape index (κ2) is 7.59. The van der Waals surface area contributed by atoms with Crippen LogP contribution >= 0.6 is 0 Å². The van der Waals surface area contributed by atoms with E-state index in [0.717, 1.165) is 29.6 Å². The number of pyridine rings is 2. The number of unbranched alkanes of at least 4 members (excludes halogenated alkanes) is 1. The highest BCUT2D eigenvalue weighted by Gasteiger charge is 2.19. The summed E-state index contributed by atoms with van der Waals surface area (Å²) in [6, 6.07) is 7.59. The normalized spacial score (nSPS) is 11.2. The molecule has 142 valence electrons. The van der Waals surface area contributed by atoms with Crippen molar-refractivity contribution in [3.05, 3.63) is 43.0 Å². The Kier molecular flexibility index (Phi) is 4.84. The number of nitrogen functional groups attached to an aromatic ring is 1. The molecule has 0 aliphatic carbocycles. The lowest BCUT2D eigenvalue weighted by molar-refractivity contribution is -0.144. The van der Waals surface area contributed by atoms with Gasteiger partial charge in [-0.1, -0.05) is 13.3 Å². The number of nitrogens with two attached hydrogens (primary N) is 1. The van der Waals surface area contributed by atoms with Crippen LogP contribution < -0.4 is 5.73 Å². The first-order valence-corrected chi connectivity index (χ1v) is 9.14. The lowest BCUT2D eigenvalue weighted by atomic mass is 10.1. The molecule has 0 saturated heterocycles. The number of esters is 1. The van der Waals surface area contributed by atoms with Gasteiger partial charge in [-0.3, -0.25) is 9.78 Å². The second-order valence-electron chi connectivity index (χ2n) is 6.42. The summed E-state index contributed by atoms with van der Waals surface area (Å²) in [5.41, 5.74) is 9.82. The van der Waals surface area contributed by atoms with Crippen LogP contribution in [0.4, 0.5) is 5.82 Å². The average molecular weight is 376 g/mol. The predicted octanol–water partition coefficient (Wildman–Crippen LogP) is 2.97. The summed E-state index contributed by atoms with van der Waals surface area (Å²) in [5, 5.41) is 0.634. The molecule has 0 aromatic carbocycles. The smallest absolute Gasteiger partial charge is 0.326 e. The number of hydrogen-bond acceptors (Lipinski definition) is 7. The molecule has 0 saturated carbocycles. The van der Waals surface area contributed by atoms with Crippen molar-refractivity contribution in [1.82, 2.24) is 24.5 Å². The molecule has 0 spiro atoms. The first kappa shape index (κ1) is 17.8. The monoisotopic (exact) mass is 376 g/mol. The highest BCUT2D eigenvalue weighted by atomic mass is 16.5. The number of carbonyl (C=O) groups is 1. The largest absolute Gasteiger partial charge is 0.464 e. The van der Waals surface area contributed by atoms with E-state index in [-0.39, 0.29) is 12.5 Å². The Hall–Kier alpha value is -3.55. The second-order valence-corrected chi connectivity index (χ2v) is 6.42. The fourth-order valence-electron chi connectivity index (χ4n) is 3.14. The number of fused-ring (bicyclic) bond motifs is 3. The summed E-state index contributed by atoms with van der Waals surface area (Å²) in [6.45, 7) is 2.50. The molecule has 0 aliphatic heterocycles. The molecule has 0 fully saturated rings. The van der Waals surface area contributed by atoms with E-state index in [1.807, 2.05) is 31.2 Å². The third-order valence-electron chi connectivity index (χ3n) is 4.54. The van der Waals surface area contributed by atoms with Crippen LogP contribution in [0.25, 0.3) is 33.3 Å². The van der Waals surface area contributed by atoms with Crippen LogP contribution in [0.2, 0.25) is 0 Å². The first-order chi connectivity index (χ1) is 13.7. The molecule has 0 atom stereocenters. The minimum atomic E-state index is -0.317. The maximum Gasteiger partial charge on any atom is 0.326 e. The predicted molar refractivity (Wildman–Crippen MR) is 106 cm³/mol. The summed E-state index contributed by atoms with van der Waals surface area (Å²) < 4.78 is 7.09. The molecule has 4 aromatic rings. The topological polar surface area (TPSA) is 109 Å². The maximum atomic E-state index is 12.3. The Bertz CT molecular complexity index is 1140. The molecule has 4 rings (SSSR count). The summed E-state index contributed by atoms with van der Waals surface area (Å²) in [5.74, 6) is 0.00937. The van der Waals surface area contributed by atoms with Gasteiger partial charge in [0.1, 0.15) is 29.9 Å². The fourth-order valence-corrected chi connectivity index (χ4v) is 3.14. The van der Waals surface area contributed by atoms with E-state index in [1.54, 1.807) is 17.0 Å². The van der Waals surface area contributed by atoms with Crippen LogP contribution in [0.3, 0.4) is 0 Å². The van der Waals surface area contributed by atoms with Crippen molar-refractivity contribution < 1.29 is 9.53 Å². The van der Waals surface area contributed by atoms with Crippen LogP contribution in [0.5, 0.6) is 0 Å². The van der Waals surface area contributed by atoms with E-state index in [9.17, 15) is 4.79 Å². The van der Waals surface area contributed by atoms with Gasteiger partial charge in [-0.15, -0.1) is 0 Å². The molecule has 4 aromatic heterocycles. The molecule has 0 amide bonds. The SMILES string of the molecule is CCCCOC(=O)Cn1c2ccc(-c3ccncc3)nc2c2c(N)ncnc21. The third kappa shape index (κ3) is 3.24. The van der Waals surface area contributed by atoms with Crippen LogP contribution in [0, 0.1) is 0 Å². The Morgan fingerprint density at radius 2 is 2.00 bits per heavy atom. The molecule has 0 unspecified atom stereocenters. The van der Waals surface area contributed by atoms with Gasteiger partial charge in [-0.2, -0.15) is 0 Å². The van der Waals surface area contributed by atoms with Crippen molar-refractivity contribution in [2.75, 3.05) is 12.3 Å². The molecule has 2 N–H and O–H groups in total. The molecule has 28 heavy (non-hydrogen) atoms. The summed E-state index contributed by atoms with van der Waals surface area (Å²) >= 11 is 0. The van der Waals surface area contributed by atoms with Crippen molar-refractivity contribution >= 4 is 33.9 Å². The van der Waals surface area contributed by atoms with Crippen molar-refractivity contribution in [3.63, 3.8) is 0 Å². The number of ether oxygens (including phenoxy) is 1. The van der Waals surface area contributed by atoms with Gasteiger partial charge in [-0.05, 0) is 30.7 Å². The maximum absolute atomic E-state index is 12.3. The van der Waals surface area contributed by atoms with E-state index < -0.39 is 0 Å². The van der Waals surface area contributed by atoms with Gasteiger partial charge in [0.15, 0.2) is 0 Å². The van der Waals surface area contributed by atoms with E-state index in [4.69, 9.17) is 15.5 Å². The van der Waals surface area contributed by atoms with Crippen molar-refractivity contribution in [2.24, 2.45) is 0 Å². The number of aromatic nitrogens is 5. The quantitative estimate of drug-likeness (QED) is 0.407. The number of anilines is 1. The zero-order chi connectivity index (χ0) is 19.5. The highest BCUT2D eigenvalue weighted by molar-refractivity contribution is 6.10. The lowest BCUT2D eigenvalue weighted by Gasteiger charge is -2.07. The number of nitrogens with zero attached hydrogens (tertiary/aromatic N) is 5. The minimum Gasteiger partial charge on any atom is -0.464 e.